The van der Waals surface area contributed by atoms with Gasteiger partial charge in [-0.25, -0.2) is 0 Å². The van der Waals surface area contributed by atoms with E-state index >= 15 is 0 Å². The van der Waals surface area contributed by atoms with Crippen molar-refractivity contribution in [3.05, 3.63) is 83.9 Å². The summed E-state index contributed by atoms with van der Waals surface area (Å²) in [6, 6.07) is 15.5. The fraction of sp³-hybridized carbons (Fsp3) is 0.174. The van der Waals surface area contributed by atoms with Crippen molar-refractivity contribution in [3.8, 4) is 11.5 Å². The Morgan fingerprint density at radius 1 is 1.07 bits per heavy atom. The fourth-order valence-corrected chi connectivity index (χ4v) is 3.65. The zero-order chi connectivity index (χ0) is 20.2. The van der Waals surface area contributed by atoms with Crippen LogP contribution in [0.25, 0.3) is 10.9 Å². The molecule has 0 saturated heterocycles. The van der Waals surface area contributed by atoms with E-state index in [1.807, 2.05) is 42.6 Å². The molecule has 148 valence electrons. The maximum absolute atomic E-state index is 12.5. The highest BCUT2D eigenvalue weighted by Gasteiger charge is 2.24. The number of carbonyl (C=O) groups excluding carboxylic acids is 1. The van der Waals surface area contributed by atoms with Crippen LogP contribution in [0.2, 0.25) is 0 Å². The van der Waals surface area contributed by atoms with E-state index in [-0.39, 0.29) is 11.8 Å². The van der Waals surface area contributed by atoms with Crippen molar-refractivity contribution in [3.63, 3.8) is 0 Å². The Morgan fingerprint density at radius 3 is 2.69 bits per heavy atom. The van der Waals surface area contributed by atoms with E-state index in [0.717, 1.165) is 22.0 Å². The first-order valence-electron chi connectivity index (χ1n) is 9.30. The standard InChI is InChI=1S/C23H22N2O4/c1-27-21-9-5-7-17(22(21)28-2)19(13-25-23(26)15-10-11-29-14-15)18-12-24-20-8-4-3-6-16(18)20/h3-12,14,19,24H,13H2,1-2H3,(H,25,26). The summed E-state index contributed by atoms with van der Waals surface area (Å²) in [5.41, 5.74) is 3.53. The predicted molar refractivity (Wildman–Crippen MR) is 111 cm³/mol. The van der Waals surface area contributed by atoms with Gasteiger partial charge in [-0.2, -0.15) is 0 Å². The van der Waals surface area contributed by atoms with Crippen molar-refractivity contribution < 1.29 is 18.7 Å². The molecular weight excluding hydrogens is 368 g/mol. The van der Waals surface area contributed by atoms with E-state index in [1.54, 1.807) is 20.3 Å². The summed E-state index contributed by atoms with van der Waals surface area (Å²) < 4.78 is 16.2. The molecule has 1 unspecified atom stereocenters. The number of rotatable bonds is 7. The van der Waals surface area contributed by atoms with Gasteiger partial charge in [-0.1, -0.05) is 30.3 Å². The minimum Gasteiger partial charge on any atom is -0.493 e. The average Bonchev–Trinajstić information content (AvgIpc) is 3.44. The summed E-state index contributed by atoms with van der Waals surface area (Å²) >= 11 is 0. The van der Waals surface area contributed by atoms with Crippen molar-refractivity contribution >= 4 is 16.8 Å². The fourth-order valence-electron chi connectivity index (χ4n) is 3.65. The van der Waals surface area contributed by atoms with E-state index in [9.17, 15) is 4.79 Å². The predicted octanol–water partition coefficient (Wildman–Crippen LogP) is 4.34. The summed E-state index contributed by atoms with van der Waals surface area (Å²) in [5.74, 6) is 0.969. The number of methoxy groups -OCH3 is 2. The van der Waals surface area contributed by atoms with E-state index in [0.29, 0.717) is 23.6 Å². The Labute approximate surface area is 168 Å². The molecule has 0 spiro atoms. The van der Waals surface area contributed by atoms with E-state index in [4.69, 9.17) is 13.9 Å². The third-order valence-electron chi connectivity index (χ3n) is 5.06. The Morgan fingerprint density at radius 2 is 1.93 bits per heavy atom. The van der Waals surface area contributed by atoms with Crippen LogP contribution in [0.1, 0.15) is 27.4 Å². The number of furan rings is 1. The van der Waals surface area contributed by atoms with Gasteiger partial charge in [0.25, 0.3) is 5.91 Å². The minimum absolute atomic E-state index is 0.146. The number of aromatic nitrogens is 1. The Kier molecular flexibility index (Phi) is 5.24. The number of ether oxygens (including phenoxy) is 2. The lowest BCUT2D eigenvalue weighted by atomic mass is 9.89. The van der Waals surface area contributed by atoms with Gasteiger partial charge >= 0.3 is 0 Å². The van der Waals surface area contributed by atoms with Crippen molar-refractivity contribution in [2.24, 2.45) is 0 Å². The maximum Gasteiger partial charge on any atom is 0.254 e. The number of H-pyrrole nitrogens is 1. The number of para-hydroxylation sites is 2. The van der Waals surface area contributed by atoms with Gasteiger partial charge in [0, 0.05) is 35.1 Å². The first-order valence-corrected chi connectivity index (χ1v) is 9.30. The highest BCUT2D eigenvalue weighted by molar-refractivity contribution is 5.94. The summed E-state index contributed by atoms with van der Waals surface area (Å²) in [4.78, 5) is 15.8. The molecule has 1 atom stereocenters. The van der Waals surface area contributed by atoms with Gasteiger partial charge in [-0.3, -0.25) is 4.79 Å². The second-order valence-electron chi connectivity index (χ2n) is 6.65. The molecule has 0 aliphatic heterocycles. The Hall–Kier alpha value is -3.67. The zero-order valence-electron chi connectivity index (χ0n) is 16.3. The Bertz CT molecular complexity index is 1120. The number of nitrogens with one attached hydrogen (secondary N) is 2. The van der Waals surface area contributed by atoms with Gasteiger partial charge < -0.3 is 24.2 Å². The van der Waals surface area contributed by atoms with Crippen LogP contribution in [0.3, 0.4) is 0 Å². The highest BCUT2D eigenvalue weighted by Crippen LogP contribution is 2.40. The van der Waals surface area contributed by atoms with Gasteiger partial charge in [0.1, 0.15) is 6.26 Å². The molecule has 0 aliphatic rings. The van der Waals surface area contributed by atoms with Crippen molar-refractivity contribution in [1.29, 1.82) is 0 Å². The van der Waals surface area contributed by atoms with Crippen molar-refractivity contribution in [2.45, 2.75) is 5.92 Å². The van der Waals surface area contributed by atoms with Crippen LogP contribution in [-0.4, -0.2) is 31.7 Å². The van der Waals surface area contributed by atoms with Gasteiger partial charge in [-0.15, -0.1) is 0 Å². The topological polar surface area (TPSA) is 76.5 Å². The second-order valence-corrected chi connectivity index (χ2v) is 6.65. The summed E-state index contributed by atoms with van der Waals surface area (Å²) in [6.07, 6.45) is 4.90. The lowest BCUT2D eigenvalue weighted by molar-refractivity contribution is 0.0951. The van der Waals surface area contributed by atoms with Crippen LogP contribution in [0, 0.1) is 0 Å². The third kappa shape index (κ3) is 3.57. The van der Waals surface area contributed by atoms with Crippen LogP contribution in [0.4, 0.5) is 0 Å². The smallest absolute Gasteiger partial charge is 0.254 e. The van der Waals surface area contributed by atoms with Crippen LogP contribution in [0.5, 0.6) is 11.5 Å². The first-order chi connectivity index (χ1) is 14.2. The number of fused-ring (bicyclic) bond motifs is 1. The Balaban J connectivity index is 1.76. The molecule has 2 aromatic carbocycles. The van der Waals surface area contributed by atoms with Crippen molar-refractivity contribution in [1.82, 2.24) is 10.3 Å². The van der Waals surface area contributed by atoms with Gasteiger partial charge in [-0.05, 0) is 23.8 Å². The monoisotopic (exact) mass is 390 g/mol. The minimum atomic E-state index is -0.189. The van der Waals surface area contributed by atoms with Crippen LogP contribution < -0.4 is 14.8 Å². The molecule has 0 aliphatic carbocycles. The number of aromatic amines is 1. The quantitative estimate of drug-likeness (QED) is 0.492. The van der Waals surface area contributed by atoms with Crippen molar-refractivity contribution in [2.75, 3.05) is 20.8 Å². The summed E-state index contributed by atoms with van der Waals surface area (Å²) in [5, 5.41) is 4.11. The van der Waals surface area contributed by atoms with E-state index in [2.05, 4.69) is 16.4 Å². The lowest BCUT2D eigenvalue weighted by Gasteiger charge is -2.21. The molecular formula is C23H22N2O4. The molecule has 1 amide bonds. The SMILES string of the molecule is COc1cccc(C(CNC(=O)c2ccoc2)c2c[nH]c3ccccc23)c1OC. The molecule has 4 aromatic rings. The van der Waals surface area contributed by atoms with Gasteiger partial charge in [0.2, 0.25) is 0 Å². The zero-order valence-corrected chi connectivity index (χ0v) is 16.3. The number of hydrogen-bond acceptors (Lipinski definition) is 4. The number of carbonyl (C=O) groups is 1. The molecule has 29 heavy (non-hydrogen) atoms. The molecule has 0 fully saturated rings. The molecule has 0 bridgehead atoms. The molecule has 4 rings (SSSR count). The van der Waals surface area contributed by atoms with E-state index < -0.39 is 0 Å². The maximum atomic E-state index is 12.5. The molecule has 2 heterocycles. The molecule has 2 N–H and O–H groups in total. The van der Waals surface area contributed by atoms with E-state index in [1.165, 1.54) is 12.5 Å². The molecule has 6 heteroatoms. The molecule has 6 nitrogen and oxygen atoms in total. The normalized spacial score (nSPS) is 11.9. The summed E-state index contributed by atoms with van der Waals surface area (Å²) in [7, 11) is 3.24. The number of hydrogen-bond donors (Lipinski definition) is 2. The highest BCUT2D eigenvalue weighted by atomic mass is 16.5. The average molecular weight is 390 g/mol. The van der Waals surface area contributed by atoms with Gasteiger partial charge in [0.15, 0.2) is 11.5 Å². The number of benzene rings is 2. The molecule has 0 saturated carbocycles. The molecule has 2 aromatic heterocycles. The van der Waals surface area contributed by atoms with Crippen LogP contribution >= 0.6 is 0 Å². The third-order valence-corrected chi connectivity index (χ3v) is 5.06. The van der Waals surface area contributed by atoms with Crippen LogP contribution in [0.15, 0.2) is 71.7 Å². The molecule has 0 radical (unpaired) electrons. The number of amides is 1. The largest absolute Gasteiger partial charge is 0.493 e. The lowest BCUT2D eigenvalue weighted by Crippen LogP contribution is -2.28. The first kappa shape index (κ1) is 18.7. The summed E-state index contributed by atoms with van der Waals surface area (Å²) in [6.45, 7) is 0.384. The van der Waals surface area contributed by atoms with Crippen LogP contribution in [-0.2, 0) is 0 Å². The second kappa shape index (κ2) is 8.14. The van der Waals surface area contributed by atoms with Gasteiger partial charge in [0.05, 0.1) is 26.0 Å².